The molecule has 0 aliphatic carbocycles. The van der Waals surface area contributed by atoms with E-state index in [0.717, 1.165) is 12.0 Å². The molecule has 214 valence electrons. The van der Waals surface area contributed by atoms with Gasteiger partial charge in [0, 0.05) is 18.2 Å². The molecule has 0 fully saturated rings. The normalized spacial score (nSPS) is 13.8. The Morgan fingerprint density at radius 1 is 0.949 bits per heavy atom. The number of ether oxygens (including phenoxy) is 1. The molecule has 0 bridgehead atoms. The van der Waals surface area contributed by atoms with Gasteiger partial charge in [0.05, 0.1) is 0 Å². The molecule has 8 nitrogen and oxygen atoms in total. The van der Waals surface area contributed by atoms with Crippen molar-refractivity contribution < 1.29 is 24.2 Å². The molecule has 39 heavy (non-hydrogen) atoms. The van der Waals surface area contributed by atoms with E-state index in [2.05, 4.69) is 24.5 Å². The average Bonchev–Trinajstić information content (AvgIpc) is 2.85. The molecule has 2 rings (SSSR count). The summed E-state index contributed by atoms with van der Waals surface area (Å²) in [6, 6.07) is 12.2. The molecule has 0 aliphatic rings. The van der Waals surface area contributed by atoms with E-state index in [1.165, 1.54) is 4.90 Å². The van der Waals surface area contributed by atoms with Crippen LogP contribution < -0.4 is 10.6 Å². The Balaban J connectivity index is 2.51. The van der Waals surface area contributed by atoms with Gasteiger partial charge >= 0.3 is 6.09 Å². The Hall–Kier alpha value is -3.55. The number of aryl methyl sites for hydroxylation is 1. The van der Waals surface area contributed by atoms with Gasteiger partial charge in [-0.15, -0.1) is 0 Å². The second-order valence-electron chi connectivity index (χ2n) is 11.6. The second-order valence-corrected chi connectivity index (χ2v) is 11.6. The summed E-state index contributed by atoms with van der Waals surface area (Å²) in [7, 11) is 0. The van der Waals surface area contributed by atoms with Crippen molar-refractivity contribution in [3.63, 3.8) is 0 Å². The lowest BCUT2D eigenvalue weighted by Crippen LogP contribution is -2.54. The van der Waals surface area contributed by atoms with Crippen LogP contribution >= 0.6 is 0 Å². The van der Waals surface area contributed by atoms with Crippen molar-refractivity contribution in [2.45, 2.75) is 98.5 Å². The van der Waals surface area contributed by atoms with Crippen LogP contribution in [0.2, 0.25) is 0 Å². The first-order valence-corrected chi connectivity index (χ1v) is 13.6. The van der Waals surface area contributed by atoms with Gasteiger partial charge in [-0.2, -0.15) is 0 Å². The summed E-state index contributed by atoms with van der Waals surface area (Å²) in [6.07, 6.45) is 0.746. The Bertz CT molecular complexity index is 1110. The summed E-state index contributed by atoms with van der Waals surface area (Å²) in [4.78, 5) is 41.9. The number of nitrogens with one attached hydrogen (secondary N) is 2. The molecular formula is C31H45N3O5. The number of alkyl carbamates (subject to hydrolysis) is 1. The maximum absolute atomic E-state index is 14.0. The summed E-state index contributed by atoms with van der Waals surface area (Å²) < 4.78 is 5.35. The van der Waals surface area contributed by atoms with Crippen LogP contribution in [0.15, 0.2) is 48.5 Å². The zero-order valence-corrected chi connectivity index (χ0v) is 24.6. The molecule has 2 aromatic carbocycles. The monoisotopic (exact) mass is 539 g/mol. The number of para-hydroxylation sites is 1. The number of benzene rings is 2. The fraction of sp³-hybridized carbons (Fsp3) is 0.516. The molecule has 3 N–H and O–H groups in total. The quantitative estimate of drug-likeness (QED) is 0.343. The zero-order chi connectivity index (χ0) is 29.3. The molecule has 3 amide bonds. The van der Waals surface area contributed by atoms with E-state index in [4.69, 9.17) is 4.74 Å². The second kappa shape index (κ2) is 14.0. The first-order valence-electron chi connectivity index (χ1n) is 13.6. The first-order chi connectivity index (χ1) is 18.2. The number of carbonyl (C=O) groups is 3. The predicted molar refractivity (Wildman–Crippen MR) is 153 cm³/mol. The van der Waals surface area contributed by atoms with Crippen LogP contribution in [0, 0.1) is 12.8 Å². The molecule has 0 radical (unpaired) electrons. The fourth-order valence-electron chi connectivity index (χ4n) is 4.28. The van der Waals surface area contributed by atoms with E-state index in [-0.39, 0.29) is 18.3 Å². The lowest BCUT2D eigenvalue weighted by Gasteiger charge is -2.38. The topological polar surface area (TPSA) is 108 Å². The SMILES string of the molecule is Cc1cccc(C(C(=O)NCc2ccccc2)N(C(=O)C(C)NC(=O)OC(C)(C)C)C(C)CCC(C)C)c1O. The number of carbonyl (C=O) groups excluding carboxylic acids is 3. The summed E-state index contributed by atoms with van der Waals surface area (Å²) in [5.74, 6) is -0.523. The smallest absolute Gasteiger partial charge is 0.408 e. The van der Waals surface area contributed by atoms with E-state index in [1.807, 2.05) is 37.3 Å². The van der Waals surface area contributed by atoms with Crippen LogP contribution in [0.4, 0.5) is 4.79 Å². The van der Waals surface area contributed by atoms with Crippen molar-refractivity contribution >= 4 is 17.9 Å². The minimum Gasteiger partial charge on any atom is -0.507 e. The fourth-order valence-corrected chi connectivity index (χ4v) is 4.28. The van der Waals surface area contributed by atoms with Crippen molar-refractivity contribution in [3.05, 3.63) is 65.2 Å². The summed E-state index contributed by atoms with van der Waals surface area (Å²) >= 11 is 0. The third kappa shape index (κ3) is 9.61. The zero-order valence-electron chi connectivity index (χ0n) is 24.6. The number of hydrogen-bond donors (Lipinski definition) is 3. The van der Waals surface area contributed by atoms with Gasteiger partial charge < -0.3 is 25.4 Å². The molecule has 0 heterocycles. The summed E-state index contributed by atoms with van der Waals surface area (Å²) in [5.41, 5.74) is 1.10. The lowest BCUT2D eigenvalue weighted by atomic mass is 9.95. The Morgan fingerprint density at radius 2 is 1.59 bits per heavy atom. The average molecular weight is 540 g/mol. The van der Waals surface area contributed by atoms with Gasteiger partial charge in [-0.25, -0.2) is 4.79 Å². The summed E-state index contributed by atoms with van der Waals surface area (Å²) in [6.45, 7) is 14.9. The van der Waals surface area contributed by atoms with Crippen LogP contribution in [-0.4, -0.2) is 45.6 Å². The number of aromatic hydroxyl groups is 1. The highest BCUT2D eigenvalue weighted by molar-refractivity contribution is 5.92. The van der Waals surface area contributed by atoms with Crippen LogP contribution in [0.3, 0.4) is 0 Å². The van der Waals surface area contributed by atoms with Gasteiger partial charge in [0.25, 0.3) is 0 Å². The van der Waals surface area contributed by atoms with Crippen LogP contribution in [0.5, 0.6) is 5.75 Å². The van der Waals surface area contributed by atoms with Crippen LogP contribution in [0.1, 0.15) is 84.0 Å². The number of phenols is 1. The van der Waals surface area contributed by atoms with Gasteiger partial charge in [0.15, 0.2) is 0 Å². The van der Waals surface area contributed by atoms with Crippen molar-refractivity contribution in [3.8, 4) is 5.75 Å². The third-order valence-corrected chi connectivity index (χ3v) is 6.39. The van der Waals surface area contributed by atoms with Gasteiger partial charge in [0.1, 0.15) is 23.4 Å². The molecule has 0 spiro atoms. The van der Waals surface area contributed by atoms with Crippen LogP contribution in [0.25, 0.3) is 0 Å². The maximum Gasteiger partial charge on any atom is 0.408 e. The van der Waals surface area contributed by atoms with E-state index < -0.39 is 35.6 Å². The Morgan fingerprint density at radius 3 is 2.18 bits per heavy atom. The van der Waals surface area contributed by atoms with E-state index in [0.29, 0.717) is 23.5 Å². The minimum absolute atomic E-state index is 0.0426. The third-order valence-electron chi connectivity index (χ3n) is 6.39. The summed E-state index contributed by atoms with van der Waals surface area (Å²) in [5, 5.41) is 16.6. The number of rotatable bonds is 11. The molecule has 8 heteroatoms. The van der Waals surface area contributed by atoms with Gasteiger partial charge in [0.2, 0.25) is 11.8 Å². The van der Waals surface area contributed by atoms with E-state index in [9.17, 15) is 19.5 Å². The molecule has 0 saturated carbocycles. The van der Waals surface area contributed by atoms with E-state index in [1.54, 1.807) is 52.8 Å². The van der Waals surface area contributed by atoms with Gasteiger partial charge in [-0.1, -0.05) is 62.4 Å². The first kappa shape index (κ1) is 31.7. The van der Waals surface area contributed by atoms with E-state index >= 15 is 0 Å². The van der Waals surface area contributed by atoms with Crippen molar-refractivity contribution in [2.24, 2.45) is 5.92 Å². The molecular weight excluding hydrogens is 494 g/mol. The molecule has 2 aromatic rings. The van der Waals surface area contributed by atoms with Gasteiger partial charge in [-0.05, 0) is 71.4 Å². The molecule has 0 aliphatic heterocycles. The van der Waals surface area contributed by atoms with Crippen molar-refractivity contribution in [1.82, 2.24) is 15.5 Å². The Kier molecular flexibility index (Phi) is 11.4. The molecule has 0 aromatic heterocycles. The number of nitrogens with zero attached hydrogens (tertiary/aromatic N) is 1. The Labute approximate surface area is 233 Å². The predicted octanol–water partition coefficient (Wildman–Crippen LogP) is 5.62. The minimum atomic E-state index is -1.12. The lowest BCUT2D eigenvalue weighted by molar-refractivity contribution is -0.145. The number of hydrogen-bond acceptors (Lipinski definition) is 5. The molecule has 3 atom stereocenters. The van der Waals surface area contributed by atoms with Crippen molar-refractivity contribution in [1.29, 1.82) is 0 Å². The maximum atomic E-state index is 14.0. The number of amides is 3. The van der Waals surface area contributed by atoms with Crippen molar-refractivity contribution in [2.75, 3.05) is 0 Å². The highest BCUT2D eigenvalue weighted by Gasteiger charge is 2.38. The van der Waals surface area contributed by atoms with Crippen LogP contribution in [-0.2, 0) is 20.9 Å². The standard InChI is InChI=1S/C31H45N3O5/c1-20(2)17-18-22(4)34(29(37)23(5)33-30(38)39-31(6,7)8)26(25-16-12-13-21(3)27(25)35)28(36)32-19-24-14-10-9-11-15-24/h9-16,20,22-23,26,35H,17-19H2,1-8H3,(H,32,36)(H,33,38). The molecule has 3 unspecified atom stereocenters. The van der Waals surface area contributed by atoms with Gasteiger partial charge in [-0.3, -0.25) is 9.59 Å². The highest BCUT2D eigenvalue weighted by atomic mass is 16.6. The molecule has 0 saturated heterocycles. The number of phenolic OH excluding ortho intramolecular Hbond substituents is 1. The highest BCUT2D eigenvalue weighted by Crippen LogP contribution is 2.34. The largest absolute Gasteiger partial charge is 0.507 e.